The van der Waals surface area contributed by atoms with E-state index in [1.807, 2.05) is 31.2 Å². The molecule has 0 aliphatic heterocycles. The summed E-state index contributed by atoms with van der Waals surface area (Å²) in [4.78, 5) is 11.2. The van der Waals surface area contributed by atoms with E-state index in [1.54, 1.807) is 0 Å². The number of hydrogen-bond donors (Lipinski definition) is 3. The van der Waals surface area contributed by atoms with Gasteiger partial charge in [0.2, 0.25) is 5.91 Å². The first-order valence-electron chi connectivity index (χ1n) is 6.09. The van der Waals surface area contributed by atoms with Crippen molar-refractivity contribution in [1.82, 2.24) is 0 Å². The number of benzene rings is 1. The number of carbonyl (C=O) groups is 1. The zero-order valence-electron chi connectivity index (χ0n) is 10.1. The quantitative estimate of drug-likeness (QED) is 0.744. The largest absolute Gasteiger partial charge is 0.382 e. The number of rotatable bonds is 4. The summed E-state index contributed by atoms with van der Waals surface area (Å²) >= 11 is 0. The molecule has 1 saturated carbocycles. The van der Waals surface area contributed by atoms with Crippen LogP contribution in [0, 0.1) is 0 Å². The lowest BCUT2D eigenvalue weighted by Crippen LogP contribution is -2.44. The number of nitrogens with one attached hydrogen (secondary N) is 2. The molecule has 2 rings (SSSR count). The maximum atomic E-state index is 11.2. The normalized spacial score (nSPS) is 22.7. The number of carbonyl (C=O) groups excluding carboxylic acids is 1. The topological polar surface area (TPSA) is 67.2 Å². The maximum absolute atomic E-state index is 11.2. The van der Waals surface area contributed by atoms with Gasteiger partial charge >= 0.3 is 0 Å². The van der Waals surface area contributed by atoms with Crippen LogP contribution >= 0.6 is 0 Å². The Labute approximate surface area is 102 Å². The number of nitrogens with two attached hydrogens (primary N) is 1. The van der Waals surface area contributed by atoms with E-state index in [1.165, 1.54) is 0 Å². The number of hydrogen-bond acceptors (Lipinski definition) is 3. The van der Waals surface area contributed by atoms with Gasteiger partial charge in [-0.15, -0.1) is 0 Å². The molecule has 0 aromatic heterocycles. The van der Waals surface area contributed by atoms with Crippen LogP contribution in [0.4, 0.5) is 11.4 Å². The smallest absolute Gasteiger partial charge is 0.224 e. The molecule has 1 fully saturated rings. The van der Waals surface area contributed by atoms with E-state index in [-0.39, 0.29) is 5.91 Å². The Kier molecular flexibility index (Phi) is 3.64. The predicted molar refractivity (Wildman–Crippen MR) is 70.0 cm³/mol. The minimum absolute atomic E-state index is 0.0377. The molecule has 17 heavy (non-hydrogen) atoms. The van der Waals surface area contributed by atoms with Gasteiger partial charge in [0.25, 0.3) is 0 Å². The van der Waals surface area contributed by atoms with E-state index < -0.39 is 0 Å². The fourth-order valence-electron chi connectivity index (χ4n) is 1.91. The summed E-state index contributed by atoms with van der Waals surface area (Å²) in [6.45, 7) is 1.84. The molecule has 0 atom stereocenters. The zero-order chi connectivity index (χ0) is 12.3. The van der Waals surface area contributed by atoms with Crippen molar-refractivity contribution in [3.8, 4) is 0 Å². The van der Waals surface area contributed by atoms with Gasteiger partial charge in [-0.05, 0) is 37.1 Å². The van der Waals surface area contributed by atoms with Crippen molar-refractivity contribution >= 4 is 17.3 Å². The van der Waals surface area contributed by atoms with Crippen LogP contribution in [0.15, 0.2) is 24.3 Å². The van der Waals surface area contributed by atoms with E-state index in [4.69, 9.17) is 5.73 Å². The highest BCUT2D eigenvalue weighted by Gasteiger charge is 2.25. The van der Waals surface area contributed by atoms with Crippen molar-refractivity contribution in [1.29, 1.82) is 0 Å². The highest BCUT2D eigenvalue weighted by atomic mass is 16.1. The minimum Gasteiger partial charge on any atom is -0.382 e. The zero-order valence-corrected chi connectivity index (χ0v) is 10.1. The van der Waals surface area contributed by atoms with E-state index in [0.29, 0.717) is 18.5 Å². The molecule has 0 radical (unpaired) electrons. The molecule has 1 aliphatic rings. The molecular formula is C13H19N3O. The third-order valence-corrected chi connectivity index (χ3v) is 3.04. The van der Waals surface area contributed by atoms with Crippen molar-refractivity contribution in [2.45, 2.75) is 38.3 Å². The lowest BCUT2D eigenvalue weighted by Gasteiger charge is -2.33. The van der Waals surface area contributed by atoms with Crippen LogP contribution in [0.2, 0.25) is 0 Å². The fraction of sp³-hybridized carbons (Fsp3) is 0.462. The number of anilines is 2. The minimum atomic E-state index is 0.0377. The first-order valence-corrected chi connectivity index (χ1v) is 6.09. The monoisotopic (exact) mass is 233 g/mol. The van der Waals surface area contributed by atoms with E-state index in [0.717, 1.165) is 24.2 Å². The molecule has 1 aromatic rings. The summed E-state index contributed by atoms with van der Waals surface area (Å²) in [5.74, 6) is 0.0377. The Morgan fingerprint density at radius 1 is 1.29 bits per heavy atom. The first kappa shape index (κ1) is 11.9. The molecule has 1 aliphatic carbocycles. The summed E-state index contributed by atoms with van der Waals surface area (Å²) < 4.78 is 0. The van der Waals surface area contributed by atoms with E-state index in [2.05, 4.69) is 10.6 Å². The fourth-order valence-corrected chi connectivity index (χ4v) is 1.91. The second-order valence-corrected chi connectivity index (χ2v) is 4.55. The molecule has 92 valence electrons. The second-order valence-electron chi connectivity index (χ2n) is 4.55. The molecule has 0 spiro atoms. The molecule has 1 amide bonds. The Hall–Kier alpha value is -1.55. The summed E-state index contributed by atoms with van der Waals surface area (Å²) in [5, 5.41) is 6.23. The molecule has 0 saturated heterocycles. The molecule has 0 heterocycles. The molecule has 4 nitrogen and oxygen atoms in total. The van der Waals surface area contributed by atoms with Gasteiger partial charge in [0.15, 0.2) is 0 Å². The molecule has 4 N–H and O–H groups in total. The van der Waals surface area contributed by atoms with E-state index >= 15 is 0 Å². The van der Waals surface area contributed by atoms with Gasteiger partial charge in [-0.3, -0.25) is 4.79 Å². The van der Waals surface area contributed by atoms with Gasteiger partial charge in [0.1, 0.15) is 0 Å². The first-order chi connectivity index (χ1) is 8.17. The lowest BCUT2D eigenvalue weighted by molar-refractivity contribution is -0.115. The van der Waals surface area contributed by atoms with Crippen LogP contribution in [0.3, 0.4) is 0 Å². The van der Waals surface area contributed by atoms with Crippen LogP contribution in [-0.4, -0.2) is 18.0 Å². The summed E-state index contributed by atoms with van der Waals surface area (Å²) in [7, 11) is 0. The van der Waals surface area contributed by atoms with Crippen molar-refractivity contribution in [2.75, 3.05) is 10.6 Å². The van der Waals surface area contributed by atoms with Crippen molar-refractivity contribution in [3.63, 3.8) is 0 Å². The van der Waals surface area contributed by atoms with E-state index in [9.17, 15) is 4.79 Å². The van der Waals surface area contributed by atoms with Gasteiger partial charge in [-0.25, -0.2) is 0 Å². The third-order valence-electron chi connectivity index (χ3n) is 3.04. The van der Waals surface area contributed by atoms with Crippen LogP contribution in [-0.2, 0) is 4.79 Å². The summed E-state index contributed by atoms with van der Waals surface area (Å²) in [6.07, 6.45) is 2.57. The van der Waals surface area contributed by atoms with Crippen LogP contribution in [0.25, 0.3) is 0 Å². The highest BCUT2D eigenvalue weighted by Crippen LogP contribution is 2.23. The van der Waals surface area contributed by atoms with Crippen molar-refractivity contribution < 1.29 is 4.79 Å². The molecule has 1 aromatic carbocycles. The van der Waals surface area contributed by atoms with Gasteiger partial charge in [-0.2, -0.15) is 0 Å². The SMILES string of the molecule is CCC(=O)Nc1ccc(NC2CC(N)C2)cc1. The standard InChI is InChI=1S/C13H19N3O/c1-2-13(17)16-11-5-3-10(4-6-11)15-12-7-9(14)8-12/h3-6,9,12,15H,2,7-8,14H2,1H3,(H,16,17). The predicted octanol–water partition coefficient (Wildman–Crippen LogP) is 1.94. The summed E-state index contributed by atoms with van der Waals surface area (Å²) in [5.41, 5.74) is 7.65. The maximum Gasteiger partial charge on any atom is 0.224 e. The van der Waals surface area contributed by atoms with Crippen LogP contribution in [0.5, 0.6) is 0 Å². The average Bonchev–Trinajstić information content (AvgIpc) is 2.29. The third kappa shape index (κ3) is 3.20. The Morgan fingerprint density at radius 3 is 2.41 bits per heavy atom. The second kappa shape index (κ2) is 5.19. The van der Waals surface area contributed by atoms with Crippen molar-refractivity contribution in [3.05, 3.63) is 24.3 Å². The molecule has 4 heteroatoms. The molecule has 0 unspecified atom stereocenters. The van der Waals surface area contributed by atoms with Gasteiger partial charge in [0, 0.05) is 29.9 Å². The van der Waals surface area contributed by atoms with Crippen LogP contribution < -0.4 is 16.4 Å². The summed E-state index contributed by atoms with van der Waals surface area (Å²) in [6, 6.07) is 8.64. The average molecular weight is 233 g/mol. The highest BCUT2D eigenvalue weighted by molar-refractivity contribution is 5.90. The van der Waals surface area contributed by atoms with Crippen molar-refractivity contribution in [2.24, 2.45) is 5.73 Å². The van der Waals surface area contributed by atoms with Gasteiger partial charge in [-0.1, -0.05) is 6.92 Å². The van der Waals surface area contributed by atoms with Gasteiger partial charge < -0.3 is 16.4 Å². The Balaban J connectivity index is 1.87. The molecular weight excluding hydrogens is 214 g/mol. The Bertz CT molecular complexity index is 382. The molecule has 0 bridgehead atoms. The lowest BCUT2D eigenvalue weighted by atomic mass is 9.87. The Morgan fingerprint density at radius 2 is 1.88 bits per heavy atom. The number of amides is 1. The van der Waals surface area contributed by atoms with Crippen LogP contribution in [0.1, 0.15) is 26.2 Å². The van der Waals surface area contributed by atoms with Gasteiger partial charge in [0.05, 0.1) is 0 Å².